The molecule has 1 atom stereocenters. The van der Waals surface area contributed by atoms with Gasteiger partial charge in [-0.3, -0.25) is 14.7 Å². The molecule has 2 fully saturated rings. The number of carbonyl (C=O) groups is 1. The second-order valence-electron chi connectivity index (χ2n) is 8.68. The number of halogens is 4. The predicted molar refractivity (Wildman–Crippen MR) is 119 cm³/mol. The van der Waals surface area contributed by atoms with Crippen LogP contribution >= 0.6 is 0 Å². The van der Waals surface area contributed by atoms with Crippen molar-refractivity contribution in [3.8, 4) is 0 Å². The van der Waals surface area contributed by atoms with Crippen molar-refractivity contribution in [2.24, 2.45) is 11.7 Å². The molecule has 0 bridgehead atoms. The van der Waals surface area contributed by atoms with Crippen molar-refractivity contribution in [1.82, 2.24) is 19.9 Å². The molecule has 3 N–H and O–H groups in total. The number of hydrogen-bond acceptors (Lipinski definition) is 8. The van der Waals surface area contributed by atoms with Gasteiger partial charge < -0.3 is 20.7 Å². The number of ether oxygens (including phenoxy) is 1. The lowest BCUT2D eigenvalue weighted by atomic mass is 9.97. The quantitative estimate of drug-likeness (QED) is 0.561. The Hall–Kier alpha value is -3.06. The van der Waals surface area contributed by atoms with Gasteiger partial charge in [-0.25, -0.2) is 9.97 Å². The molecule has 0 unspecified atom stereocenters. The van der Waals surface area contributed by atoms with Crippen molar-refractivity contribution in [2.75, 3.05) is 56.2 Å². The summed E-state index contributed by atoms with van der Waals surface area (Å²) in [7, 11) is 0. The third-order valence-corrected chi connectivity index (χ3v) is 6.27. The number of alkyl halides is 3. The summed E-state index contributed by atoms with van der Waals surface area (Å²) in [6, 6.07) is 1.63. The molecule has 1 amide bonds. The summed E-state index contributed by atoms with van der Waals surface area (Å²) in [5.74, 6) is -0.624. The Morgan fingerprint density at radius 1 is 1.17 bits per heavy atom. The van der Waals surface area contributed by atoms with Crippen LogP contribution in [0.25, 0.3) is 0 Å². The van der Waals surface area contributed by atoms with Gasteiger partial charge in [0, 0.05) is 19.3 Å². The number of pyridine rings is 1. The molecule has 13 heteroatoms. The summed E-state index contributed by atoms with van der Waals surface area (Å²) in [4.78, 5) is 26.8. The summed E-state index contributed by atoms with van der Waals surface area (Å²) < 4.78 is 59.6. The fraction of sp³-hybridized carbons (Fsp3) is 0.545. The molecule has 2 aromatic rings. The molecule has 0 aromatic carbocycles. The Bertz CT molecular complexity index is 1010. The summed E-state index contributed by atoms with van der Waals surface area (Å²) in [6.45, 7) is 2.95. The molecular weight excluding hydrogens is 470 g/mol. The van der Waals surface area contributed by atoms with Crippen LogP contribution in [-0.2, 0) is 15.7 Å². The number of primary amides is 1. The number of amides is 1. The maximum absolute atomic E-state index is 15.4. The second-order valence-corrected chi connectivity index (χ2v) is 8.68. The fourth-order valence-electron chi connectivity index (χ4n) is 4.37. The summed E-state index contributed by atoms with van der Waals surface area (Å²) in [5, 5.41) is 3.06. The van der Waals surface area contributed by atoms with Crippen molar-refractivity contribution in [3.05, 3.63) is 41.7 Å². The minimum absolute atomic E-state index is 0.0359. The molecule has 0 aliphatic carbocycles. The second kappa shape index (κ2) is 10.7. The number of aromatic nitrogens is 3. The number of likely N-dealkylation sites (tertiary alicyclic amines) is 1. The van der Waals surface area contributed by atoms with E-state index in [2.05, 4.69) is 20.3 Å². The van der Waals surface area contributed by atoms with Crippen LogP contribution in [0.3, 0.4) is 0 Å². The molecular formula is C22H27F4N7O2. The molecule has 0 radical (unpaired) electrons. The van der Waals surface area contributed by atoms with Crippen molar-refractivity contribution in [1.29, 1.82) is 0 Å². The number of piperidine rings is 1. The van der Waals surface area contributed by atoms with Crippen molar-refractivity contribution >= 4 is 17.5 Å². The lowest BCUT2D eigenvalue weighted by Crippen LogP contribution is -2.41. The smallest absolute Gasteiger partial charge is 0.377 e. The van der Waals surface area contributed by atoms with Crippen molar-refractivity contribution in [3.63, 3.8) is 0 Å². The van der Waals surface area contributed by atoms with E-state index in [1.807, 2.05) is 4.90 Å². The molecule has 4 rings (SSSR count). The lowest BCUT2D eigenvalue weighted by molar-refractivity contribution is -0.137. The van der Waals surface area contributed by atoms with Gasteiger partial charge in [0.1, 0.15) is 6.33 Å². The standard InChI is InChI=1S/C22H27F4N7O2/c23-19-20(29-9-14-3-5-32(6-4-14)11-18(27)34)30-13-31-21(19)33-7-8-35-12-17(33)16-2-1-15(10-28-16)22(24,25)26/h1-2,10,13-14,17H,3-9,11-12H2,(H2,27,34)(H,29,30,31)/t17-/m1/s1. The van der Waals surface area contributed by atoms with Crippen LogP contribution in [0.2, 0.25) is 0 Å². The highest BCUT2D eigenvalue weighted by Crippen LogP contribution is 2.33. The zero-order valence-electron chi connectivity index (χ0n) is 19.0. The predicted octanol–water partition coefficient (Wildman–Crippen LogP) is 2.22. The highest BCUT2D eigenvalue weighted by Gasteiger charge is 2.33. The molecule has 0 saturated carbocycles. The van der Waals surface area contributed by atoms with Crippen LogP contribution in [0.5, 0.6) is 0 Å². The number of nitrogens with one attached hydrogen (secondary N) is 1. The van der Waals surface area contributed by atoms with Gasteiger partial charge in [0.05, 0.1) is 37.1 Å². The molecule has 9 nitrogen and oxygen atoms in total. The van der Waals surface area contributed by atoms with Crippen LogP contribution in [0.15, 0.2) is 24.7 Å². The van der Waals surface area contributed by atoms with Gasteiger partial charge in [-0.2, -0.15) is 17.6 Å². The Labute approximate surface area is 199 Å². The molecule has 0 spiro atoms. The van der Waals surface area contributed by atoms with Crippen molar-refractivity contribution in [2.45, 2.75) is 25.1 Å². The van der Waals surface area contributed by atoms with E-state index in [0.717, 1.165) is 38.2 Å². The van der Waals surface area contributed by atoms with Gasteiger partial charge in [-0.15, -0.1) is 0 Å². The molecule has 2 saturated heterocycles. The van der Waals surface area contributed by atoms with Gasteiger partial charge >= 0.3 is 6.18 Å². The number of carbonyl (C=O) groups excluding carboxylic acids is 1. The Morgan fingerprint density at radius 2 is 1.94 bits per heavy atom. The van der Waals surface area contributed by atoms with Crippen molar-refractivity contribution < 1.29 is 27.1 Å². The van der Waals surface area contributed by atoms with Crippen LogP contribution in [0.4, 0.5) is 29.2 Å². The molecule has 2 aromatic heterocycles. The minimum atomic E-state index is -4.49. The first-order valence-electron chi connectivity index (χ1n) is 11.3. The molecule has 4 heterocycles. The van der Waals surface area contributed by atoms with E-state index in [-0.39, 0.29) is 36.6 Å². The maximum atomic E-state index is 15.4. The number of nitrogens with zero attached hydrogens (tertiary/aromatic N) is 5. The summed E-state index contributed by atoms with van der Waals surface area (Å²) in [5.41, 5.74) is 4.72. The monoisotopic (exact) mass is 497 g/mol. The van der Waals surface area contributed by atoms with Gasteiger partial charge in [-0.1, -0.05) is 0 Å². The van der Waals surface area contributed by atoms with E-state index < -0.39 is 23.6 Å². The van der Waals surface area contributed by atoms with E-state index >= 15 is 4.39 Å². The van der Waals surface area contributed by atoms with E-state index in [1.54, 1.807) is 4.90 Å². The normalized spacial score (nSPS) is 20.1. The van der Waals surface area contributed by atoms with Crippen LogP contribution in [0, 0.1) is 11.7 Å². The topological polar surface area (TPSA) is 110 Å². The van der Waals surface area contributed by atoms with Gasteiger partial charge in [0.15, 0.2) is 11.6 Å². The van der Waals surface area contributed by atoms with E-state index in [0.29, 0.717) is 25.4 Å². The largest absolute Gasteiger partial charge is 0.417 e. The lowest BCUT2D eigenvalue weighted by Gasteiger charge is -2.36. The van der Waals surface area contributed by atoms with E-state index in [1.165, 1.54) is 12.4 Å². The van der Waals surface area contributed by atoms with E-state index in [4.69, 9.17) is 10.5 Å². The molecule has 2 aliphatic rings. The number of nitrogens with two attached hydrogens (primary N) is 1. The Morgan fingerprint density at radius 3 is 2.60 bits per heavy atom. The Kier molecular flexibility index (Phi) is 7.65. The minimum Gasteiger partial charge on any atom is -0.377 e. The molecule has 2 aliphatic heterocycles. The SMILES string of the molecule is NC(=O)CN1CCC(CNc2ncnc(N3CCOC[C@@H]3c3ccc(C(F)(F)F)cn3)c2F)CC1. The third kappa shape index (κ3) is 6.14. The zero-order chi connectivity index (χ0) is 25.0. The Balaban J connectivity index is 1.44. The maximum Gasteiger partial charge on any atom is 0.417 e. The van der Waals surface area contributed by atoms with Gasteiger partial charge in [-0.05, 0) is 44.0 Å². The van der Waals surface area contributed by atoms with Crippen LogP contribution < -0.4 is 16.0 Å². The van der Waals surface area contributed by atoms with Crippen LogP contribution in [0.1, 0.15) is 30.1 Å². The first-order valence-corrected chi connectivity index (χ1v) is 11.3. The highest BCUT2D eigenvalue weighted by atomic mass is 19.4. The first-order chi connectivity index (χ1) is 16.7. The average molecular weight is 497 g/mol. The van der Waals surface area contributed by atoms with E-state index in [9.17, 15) is 18.0 Å². The number of hydrogen-bond donors (Lipinski definition) is 2. The highest BCUT2D eigenvalue weighted by molar-refractivity contribution is 5.75. The number of morpholine rings is 1. The van der Waals surface area contributed by atoms with Gasteiger partial charge in [0.2, 0.25) is 11.7 Å². The fourth-order valence-corrected chi connectivity index (χ4v) is 4.37. The molecule has 35 heavy (non-hydrogen) atoms. The summed E-state index contributed by atoms with van der Waals surface area (Å²) >= 11 is 0. The first kappa shape index (κ1) is 25.0. The van der Waals surface area contributed by atoms with Gasteiger partial charge in [0.25, 0.3) is 0 Å². The number of anilines is 2. The summed E-state index contributed by atoms with van der Waals surface area (Å²) in [6.07, 6.45) is -0.800. The van der Waals surface area contributed by atoms with Crippen LogP contribution in [-0.4, -0.2) is 71.7 Å². The average Bonchev–Trinajstić information content (AvgIpc) is 2.84. The zero-order valence-corrected chi connectivity index (χ0v) is 19.0. The number of rotatable bonds is 7. The molecule has 190 valence electrons. The third-order valence-electron chi connectivity index (χ3n) is 6.27.